The minimum atomic E-state index is -0.449. The van der Waals surface area contributed by atoms with Crippen LogP contribution >= 0.6 is 0 Å². The van der Waals surface area contributed by atoms with E-state index in [1.54, 1.807) is 12.1 Å². The Morgan fingerprint density at radius 1 is 1.38 bits per heavy atom. The van der Waals surface area contributed by atoms with Gasteiger partial charge in [0.15, 0.2) is 0 Å². The summed E-state index contributed by atoms with van der Waals surface area (Å²) >= 11 is 0. The highest BCUT2D eigenvalue weighted by Crippen LogP contribution is 2.23. The summed E-state index contributed by atoms with van der Waals surface area (Å²) in [5.41, 5.74) is 0.692. The van der Waals surface area contributed by atoms with Gasteiger partial charge in [0, 0.05) is 13.0 Å². The molecule has 0 unspecified atom stereocenters. The molecule has 0 aliphatic heterocycles. The van der Waals surface area contributed by atoms with Gasteiger partial charge in [-0.1, -0.05) is 0 Å². The molecule has 0 saturated carbocycles. The predicted molar refractivity (Wildman–Crippen MR) is 59.0 cm³/mol. The van der Waals surface area contributed by atoms with Crippen LogP contribution in [0.5, 0.6) is 11.5 Å². The third-order valence-electron chi connectivity index (χ3n) is 1.95. The summed E-state index contributed by atoms with van der Waals surface area (Å²) in [6, 6.07) is 6.14. The number of allylic oxidation sites excluding steroid dienone is 1. The molecule has 0 aliphatic rings. The average molecular weight is 222 g/mol. The summed E-state index contributed by atoms with van der Waals surface area (Å²) in [5.74, 6) is 0.948. The number of hydrogen-bond donors (Lipinski definition) is 0. The summed E-state index contributed by atoms with van der Waals surface area (Å²) < 4.78 is 10.0. The maximum Gasteiger partial charge on any atom is 0.243 e. The van der Waals surface area contributed by atoms with Gasteiger partial charge in [-0.15, -0.1) is 0 Å². The van der Waals surface area contributed by atoms with Crippen LogP contribution in [0.25, 0.3) is 6.08 Å². The molecule has 85 valence electrons. The fourth-order valence-electron chi connectivity index (χ4n) is 1.14. The van der Waals surface area contributed by atoms with Crippen LogP contribution in [0.15, 0.2) is 17.8 Å². The molecular formula is C11H12NO4. The van der Waals surface area contributed by atoms with Crippen LogP contribution in [0, 0.1) is 16.2 Å². The number of benzene rings is 1. The first-order chi connectivity index (χ1) is 7.56. The van der Waals surface area contributed by atoms with Gasteiger partial charge in [-0.2, -0.15) is 0 Å². The van der Waals surface area contributed by atoms with Crippen LogP contribution in [-0.4, -0.2) is 19.1 Å². The molecule has 0 amide bonds. The quantitative estimate of drug-likeness (QED) is 0.578. The molecule has 0 spiro atoms. The van der Waals surface area contributed by atoms with Gasteiger partial charge in [-0.05, 0) is 17.7 Å². The second kappa shape index (κ2) is 5.16. The Hall–Kier alpha value is -2.04. The van der Waals surface area contributed by atoms with E-state index in [0.29, 0.717) is 17.1 Å². The fraction of sp³-hybridized carbons (Fsp3) is 0.273. The normalized spacial score (nSPS) is 11.1. The van der Waals surface area contributed by atoms with Crippen molar-refractivity contribution in [3.8, 4) is 11.5 Å². The molecule has 0 aliphatic carbocycles. The number of ether oxygens (including phenoxy) is 2. The zero-order valence-electron chi connectivity index (χ0n) is 9.31. The van der Waals surface area contributed by atoms with Gasteiger partial charge in [0.05, 0.1) is 25.2 Å². The molecule has 0 atom stereocenters. The second-order valence-corrected chi connectivity index (χ2v) is 3.09. The predicted octanol–water partition coefficient (Wildman–Crippen LogP) is 2.14. The third-order valence-corrected chi connectivity index (χ3v) is 1.95. The van der Waals surface area contributed by atoms with Crippen LogP contribution in [-0.2, 0) is 0 Å². The number of rotatable bonds is 4. The van der Waals surface area contributed by atoms with E-state index in [9.17, 15) is 10.1 Å². The van der Waals surface area contributed by atoms with Crippen LogP contribution in [0.4, 0.5) is 0 Å². The number of nitro groups is 1. The Morgan fingerprint density at radius 2 is 1.88 bits per heavy atom. The SMILES string of the molecule is COc1[c]c(OC)cc(C=C(C)[N+](=O)[O-])c1. The van der Waals surface area contributed by atoms with Crippen molar-refractivity contribution in [2.24, 2.45) is 0 Å². The van der Waals surface area contributed by atoms with Crippen molar-refractivity contribution < 1.29 is 14.4 Å². The summed E-state index contributed by atoms with van der Waals surface area (Å²) in [7, 11) is 3.00. The van der Waals surface area contributed by atoms with E-state index in [0.717, 1.165) is 0 Å². The van der Waals surface area contributed by atoms with Gasteiger partial charge in [-0.3, -0.25) is 10.1 Å². The molecule has 16 heavy (non-hydrogen) atoms. The van der Waals surface area contributed by atoms with E-state index in [2.05, 4.69) is 6.07 Å². The summed E-state index contributed by atoms with van der Waals surface area (Å²) in [5, 5.41) is 10.5. The Labute approximate surface area is 93.4 Å². The number of methoxy groups -OCH3 is 2. The Balaban J connectivity index is 3.13. The molecule has 1 rings (SSSR count). The second-order valence-electron chi connectivity index (χ2n) is 3.09. The van der Waals surface area contributed by atoms with Crippen molar-refractivity contribution in [3.63, 3.8) is 0 Å². The highest BCUT2D eigenvalue weighted by atomic mass is 16.6. The summed E-state index contributed by atoms with van der Waals surface area (Å²) in [6.45, 7) is 1.43. The van der Waals surface area contributed by atoms with Crippen molar-refractivity contribution in [2.45, 2.75) is 6.92 Å². The van der Waals surface area contributed by atoms with E-state index < -0.39 is 4.92 Å². The first kappa shape index (κ1) is 12.0. The number of nitrogens with zero attached hydrogens (tertiary/aromatic N) is 1. The maximum absolute atomic E-state index is 10.5. The highest BCUT2D eigenvalue weighted by molar-refractivity contribution is 5.55. The molecule has 0 bridgehead atoms. The van der Waals surface area contributed by atoms with Crippen molar-refractivity contribution in [2.75, 3.05) is 14.2 Å². The molecule has 0 saturated heterocycles. The molecule has 0 heterocycles. The summed E-state index contributed by atoms with van der Waals surface area (Å²) in [4.78, 5) is 10.0. The molecular weight excluding hydrogens is 210 g/mol. The topological polar surface area (TPSA) is 61.6 Å². The molecule has 0 N–H and O–H groups in total. The van der Waals surface area contributed by atoms with E-state index in [-0.39, 0.29) is 5.70 Å². The smallest absolute Gasteiger partial charge is 0.243 e. The molecule has 5 nitrogen and oxygen atoms in total. The zero-order valence-corrected chi connectivity index (χ0v) is 9.31. The molecule has 1 radical (unpaired) electrons. The Morgan fingerprint density at radius 3 is 2.25 bits per heavy atom. The largest absolute Gasteiger partial charge is 0.496 e. The lowest BCUT2D eigenvalue weighted by molar-refractivity contribution is -0.422. The lowest BCUT2D eigenvalue weighted by Crippen LogP contribution is -1.94. The maximum atomic E-state index is 10.5. The Bertz CT molecular complexity index is 404. The van der Waals surface area contributed by atoms with Crippen LogP contribution < -0.4 is 9.47 Å². The molecule has 0 fully saturated rings. The van der Waals surface area contributed by atoms with Gasteiger partial charge in [0.25, 0.3) is 0 Å². The lowest BCUT2D eigenvalue weighted by atomic mass is 10.1. The van der Waals surface area contributed by atoms with Crippen LogP contribution in [0.3, 0.4) is 0 Å². The minimum Gasteiger partial charge on any atom is -0.496 e. The van der Waals surface area contributed by atoms with Crippen molar-refractivity contribution >= 4 is 6.08 Å². The summed E-state index contributed by atoms with van der Waals surface area (Å²) in [6.07, 6.45) is 1.44. The van der Waals surface area contributed by atoms with Crippen molar-refractivity contribution in [3.05, 3.63) is 39.6 Å². The van der Waals surface area contributed by atoms with Gasteiger partial charge >= 0.3 is 0 Å². The Kier molecular flexibility index (Phi) is 3.88. The first-order valence-corrected chi connectivity index (χ1v) is 4.55. The molecule has 1 aromatic carbocycles. The third kappa shape index (κ3) is 2.98. The van der Waals surface area contributed by atoms with E-state index in [1.165, 1.54) is 27.2 Å². The van der Waals surface area contributed by atoms with E-state index in [4.69, 9.17) is 9.47 Å². The zero-order chi connectivity index (χ0) is 12.1. The first-order valence-electron chi connectivity index (χ1n) is 4.55. The monoisotopic (exact) mass is 222 g/mol. The van der Waals surface area contributed by atoms with Crippen molar-refractivity contribution in [1.82, 2.24) is 0 Å². The minimum absolute atomic E-state index is 0.0512. The lowest BCUT2D eigenvalue weighted by Gasteiger charge is -2.04. The van der Waals surface area contributed by atoms with E-state index in [1.807, 2.05) is 0 Å². The molecule has 1 aromatic rings. The van der Waals surface area contributed by atoms with Crippen molar-refractivity contribution in [1.29, 1.82) is 0 Å². The standard InChI is InChI=1S/C11H12NO4/c1-8(12(13)14)4-9-5-10(15-2)7-11(6-9)16-3/h4-6H,1-3H3. The average Bonchev–Trinajstić information content (AvgIpc) is 2.28. The number of hydrogen-bond acceptors (Lipinski definition) is 4. The molecule has 5 heteroatoms. The van der Waals surface area contributed by atoms with Gasteiger partial charge in [0.1, 0.15) is 11.5 Å². The van der Waals surface area contributed by atoms with Crippen LogP contribution in [0.2, 0.25) is 0 Å². The highest BCUT2D eigenvalue weighted by Gasteiger charge is 2.05. The van der Waals surface area contributed by atoms with Gasteiger partial charge in [0.2, 0.25) is 5.70 Å². The van der Waals surface area contributed by atoms with Crippen LogP contribution in [0.1, 0.15) is 12.5 Å². The fourth-order valence-corrected chi connectivity index (χ4v) is 1.14. The molecule has 0 aromatic heterocycles. The van der Waals surface area contributed by atoms with Gasteiger partial charge in [-0.25, -0.2) is 0 Å². The van der Waals surface area contributed by atoms with Gasteiger partial charge < -0.3 is 9.47 Å². The van der Waals surface area contributed by atoms with E-state index >= 15 is 0 Å².